The number of hydrogen-bond donors (Lipinski definition) is 1. The highest BCUT2D eigenvalue weighted by atomic mass is 16.5. The number of morpholine rings is 1. The number of nitrogens with one attached hydrogen (secondary N) is 1. The summed E-state index contributed by atoms with van der Waals surface area (Å²) in [6, 6.07) is 0. The van der Waals surface area contributed by atoms with Crippen LogP contribution < -0.4 is 5.32 Å². The molecule has 1 saturated heterocycles. The molecule has 2 aliphatic rings. The lowest BCUT2D eigenvalue weighted by atomic mass is 10.0. The van der Waals surface area contributed by atoms with Crippen molar-refractivity contribution in [2.75, 3.05) is 32.8 Å². The molecule has 1 saturated carbocycles. The van der Waals surface area contributed by atoms with Gasteiger partial charge in [-0.3, -0.25) is 4.79 Å². The first-order chi connectivity index (χ1) is 7.70. The fraction of sp³-hybridized carbons (Fsp3) is 0.917. The summed E-state index contributed by atoms with van der Waals surface area (Å²) in [5.74, 6) is 0.219. The van der Waals surface area contributed by atoms with Crippen LogP contribution in [0.5, 0.6) is 0 Å². The van der Waals surface area contributed by atoms with Gasteiger partial charge in [0.1, 0.15) is 0 Å². The third-order valence-corrected chi connectivity index (χ3v) is 3.74. The molecule has 0 aromatic rings. The van der Waals surface area contributed by atoms with E-state index in [2.05, 4.69) is 12.2 Å². The molecule has 0 radical (unpaired) electrons. The van der Waals surface area contributed by atoms with Crippen LogP contribution in [0.3, 0.4) is 0 Å². The molecule has 1 N–H and O–H groups in total. The van der Waals surface area contributed by atoms with Crippen molar-refractivity contribution in [2.45, 2.75) is 38.1 Å². The minimum Gasteiger partial charge on any atom is -0.378 e. The smallest absolute Gasteiger partial charge is 0.236 e. The molecule has 4 nitrogen and oxygen atoms in total. The number of nitrogens with zero attached hydrogens (tertiary/aromatic N) is 1. The molecule has 2 rings (SSSR count). The van der Waals surface area contributed by atoms with E-state index in [0.717, 1.165) is 13.1 Å². The summed E-state index contributed by atoms with van der Waals surface area (Å²) in [5, 5.41) is 3.42. The molecule has 1 aliphatic carbocycles. The van der Waals surface area contributed by atoms with Crippen LogP contribution >= 0.6 is 0 Å². The highest BCUT2D eigenvalue weighted by molar-refractivity contribution is 5.78. The van der Waals surface area contributed by atoms with Crippen LogP contribution in [-0.4, -0.2) is 49.2 Å². The largest absolute Gasteiger partial charge is 0.378 e. The van der Waals surface area contributed by atoms with Crippen LogP contribution in [0.2, 0.25) is 0 Å². The van der Waals surface area contributed by atoms with Gasteiger partial charge in [0.15, 0.2) is 0 Å². The lowest BCUT2D eigenvalue weighted by Crippen LogP contribution is -2.49. The number of carbonyl (C=O) groups is 1. The van der Waals surface area contributed by atoms with Crippen LogP contribution in [0.4, 0.5) is 0 Å². The van der Waals surface area contributed by atoms with Gasteiger partial charge in [0.2, 0.25) is 5.91 Å². The molecule has 0 aromatic carbocycles. The quantitative estimate of drug-likeness (QED) is 0.773. The van der Waals surface area contributed by atoms with E-state index in [4.69, 9.17) is 4.74 Å². The molecule has 4 heteroatoms. The zero-order chi connectivity index (χ0) is 11.4. The molecule has 92 valence electrons. The number of carbonyl (C=O) groups excluding carboxylic acids is 1. The molecule has 1 aliphatic heterocycles. The Balaban J connectivity index is 1.74. The predicted octanol–water partition coefficient (Wildman–Crippen LogP) is 0.767. The normalized spacial score (nSPS) is 24.7. The van der Waals surface area contributed by atoms with Crippen molar-refractivity contribution >= 4 is 5.91 Å². The molecule has 1 amide bonds. The van der Waals surface area contributed by atoms with Gasteiger partial charge in [-0.2, -0.15) is 0 Å². The molecule has 16 heavy (non-hydrogen) atoms. The van der Waals surface area contributed by atoms with Gasteiger partial charge in [0.05, 0.1) is 19.8 Å². The van der Waals surface area contributed by atoms with Crippen molar-refractivity contribution in [3.05, 3.63) is 0 Å². The van der Waals surface area contributed by atoms with Crippen LogP contribution in [0.25, 0.3) is 0 Å². The number of ether oxygens (including phenoxy) is 1. The van der Waals surface area contributed by atoms with Crippen molar-refractivity contribution in [1.82, 2.24) is 10.2 Å². The van der Waals surface area contributed by atoms with E-state index in [-0.39, 0.29) is 11.4 Å². The zero-order valence-electron chi connectivity index (χ0n) is 10.1. The van der Waals surface area contributed by atoms with E-state index in [9.17, 15) is 4.79 Å². The molecule has 1 heterocycles. The van der Waals surface area contributed by atoms with Gasteiger partial charge in [-0.15, -0.1) is 0 Å². The Morgan fingerprint density at radius 2 is 1.94 bits per heavy atom. The summed E-state index contributed by atoms with van der Waals surface area (Å²) >= 11 is 0. The first-order valence-electron chi connectivity index (χ1n) is 6.30. The van der Waals surface area contributed by atoms with E-state index in [1.165, 1.54) is 25.7 Å². The van der Waals surface area contributed by atoms with Crippen molar-refractivity contribution in [1.29, 1.82) is 0 Å². The summed E-state index contributed by atoms with van der Waals surface area (Å²) in [7, 11) is 0. The standard InChI is InChI=1S/C12H22N2O2/c1-12(4-2-3-5-12)13-10-11(15)14-6-8-16-9-7-14/h13H,2-10H2,1H3. The first-order valence-corrected chi connectivity index (χ1v) is 6.30. The van der Waals surface area contributed by atoms with Gasteiger partial charge in [0, 0.05) is 18.6 Å². The summed E-state index contributed by atoms with van der Waals surface area (Å²) in [6.45, 7) is 5.57. The van der Waals surface area contributed by atoms with E-state index in [1.54, 1.807) is 0 Å². The van der Waals surface area contributed by atoms with Crippen molar-refractivity contribution in [3.8, 4) is 0 Å². The fourth-order valence-electron chi connectivity index (χ4n) is 2.55. The molecule has 2 fully saturated rings. The Bertz CT molecular complexity index is 243. The Labute approximate surface area is 97.3 Å². The maximum atomic E-state index is 11.9. The Morgan fingerprint density at radius 3 is 2.56 bits per heavy atom. The SMILES string of the molecule is CC1(NCC(=O)N2CCOCC2)CCCC1. The predicted molar refractivity (Wildman–Crippen MR) is 62.3 cm³/mol. The maximum Gasteiger partial charge on any atom is 0.236 e. The minimum absolute atomic E-state index is 0.196. The molecule has 0 atom stereocenters. The lowest BCUT2D eigenvalue weighted by molar-refractivity contribution is -0.134. The van der Waals surface area contributed by atoms with Crippen molar-refractivity contribution in [3.63, 3.8) is 0 Å². The number of amides is 1. The van der Waals surface area contributed by atoms with Crippen LogP contribution in [-0.2, 0) is 9.53 Å². The van der Waals surface area contributed by atoms with E-state index in [0.29, 0.717) is 19.8 Å². The Hall–Kier alpha value is -0.610. The van der Waals surface area contributed by atoms with E-state index >= 15 is 0 Å². The summed E-state index contributed by atoms with van der Waals surface area (Å²) in [5.41, 5.74) is 0.196. The second-order valence-electron chi connectivity index (χ2n) is 5.11. The minimum atomic E-state index is 0.196. The summed E-state index contributed by atoms with van der Waals surface area (Å²) < 4.78 is 5.23. The van der Waals surface area contributed by atoms with Crippen LogP contribution in [0.15, 0.2) is 0 Å². The van der Waals surface area contributed by atoms with Crippen molar-refractivity contribution in [2.24, 2.45) is 0 Å². The molecule has 0 spiro atoms. The third-order valence-electron chi connectivity index (χ3n) is 3.74. The van der Waals surface area contributed by atoms with Gasteiger partial charge in [-0.1, -0.05) is 12.8 Å². The highest BCUT2D eigenvalue weighted by Gasteiger charge is 2.29. The highest BCUT2D eigenvalue weighted by Crippen LogP contribution is 2.28. The topological polar surface area (TPSA) is 41.6 Å². The van der Waals surface area contributed by atoms with Gasteiger partial charge in [-0.25, -0.2) is 0 Å². The zero-order valence-corrected chi connectivity index (χ0v) is 10.1. The second kappa shape index (κ2) is 5.15. The Morgan fingerprint density at radius 1 is 1.31 bits per heavy atom. The van der Waals surface area contributed by atoms with Gasteiger partial charge in [0.25, 0.3) is 0 Å². The average Bonchev–Trinajstić information content (AvgIpc) is 2.75. The molecular formula is C12H22N2O2. The van der Waals surface area contributed by atoms with Gasteiger partial charge in [-0.05, 0) is 19.8 Å². The Kier molecular flexibility index (Phi) is 3.82. The monoisotopic (exact) mass is 226 g/mol. The summed E-state index contributed by atoms with van der Waals surface area (Å²) in [4.78, 5) is 13.8. The fourth-order valence-corrected chi connectivity index (χ4v) is 2.55. The van der Waals surface area contributed by atoms with Crippen molar-refractivity contribution < 1.29 is 9.53 Å². The van der Waals surface area contributed by atoms with Gasteiger partial charge >= 0.3 is 0 Å². The van der Waals surface area contributed by atoms with Gasteiger partial charge < -0.3 is 15.0 Å². The molecule has 0 aromatic heterocycles. The first kappa shape index (κ1) is 11.9. The maximum absolute atomic E-state index is 11.9. The summed E-state index contributed by atoms with van der Waals surface area (Å²) in [6.07, 6.45) is 4.97. The average molecular weight is 226 g/mol. The molecule has 0 bridgehead atoms. The van der Waals surface area contributed by atoms with E-state index in [1.807, 2.05) is 4.90 Å². The van der Waals surface area contributed by atoms with Crippen LogP contribution in [0.1, 0.15) is 32.6 Å². The number of hydrogen-bond acceptors (Lipinski definition) is 3. The lowest BCUT2D eigenvalue weighted by Gasteiger charge is -2.30. The molecular weight excluding hydrogens is 204 g/mol. The molecule has 0 unspecified atom stereocenters. The third kappa shape index (κ3) is 2.95. The number of rotatable bonds is 3. The van der Waals surface area contributed by atoms with E-state index < -0.39 is 0 Å². The second-order valence-corrected chi connectivity index (χ2v) is 5.11. The van der Waals surface area contributed by atoms with Crippen LogP contribution in [0, 0.1) is 0 Å².